The number of benzene rings is 1. The van der Waals surface area contributed by atoms with Gasteiger partial charge in [-0.2, -0.15) is 4.98 Å². The van der Waals surface area contributed by atoms with E-state index >= 15 is 0 Å². The predicted octanol–water partition coefficient (Wildman–Crippen LogP) is 3.25. The molecule has 3 heterocycles. The van der Waals surface area contributed by atoms with Crippen LogP contribution in [0, 0.1) is 0 Å². The number of phenolic OH excluding ortho intramolecular Hbond substituents is 1. The van der Waals surface area contributed by atoms with E-state index in [0.717, 1.165) is 36.3 Å². The van der Waals surface area contributed by atoms with Crippen LogP contribution in [0.1, 0.15) is 30.3 Å². The van der Waals surface area contributed by atoms with Gasteiger partial charge in [-0.1, -0.05) is 11.2 Å². The van der Waals surface area contributed by atoms with E-state index in [0.29, 0.717) is 24.0 Å². The van der Waals surface area contributed by atoms with Gasteiger partial charge in [0, 0.05) is 44.0 Å². The Bertz CT molecular complexity index is 971. The largest absolute Gasteiger partial charge is 0.507 e. The van der Waals surface area contributed by atoms with Crippen LogP contribution in [0.2, 0.25) is 0 Å². The Balaban J connectivity index is 1.51. The topological polar surface area (TPSA) is 87.8 Å². The highest BCUT2D eigenvalue weighted by atomic mass is 16.5. The maximum Gasteiger partial charge on any atom is 0.244 e. The lowest BCUT2D eigenvalue weighted by molar-refractivity contribution is 0.199. The molecule has 29 heavy (non-hydrogen) atoms. The zero-order valence-electron chi connectivity index (χ0n) is 16.9. The molecule has 1 aliphatic rings. The number of nitrogens with zero attached hydrogens (tertiary/aromatic N) is 5. The Labute approximate surface area is 169 Å². The summed E-state index contributed by atoms with van der Waals surface area (Å²) in [6.07, 6.45) is 3.74. The Morgan fingerprint density at radius 1 is 1.28 bits per heavy atom. The van der Waals surface area contributed by atoms with Gasteiger partial charge < -0.3 is 19.3 Å². The molecule has 0 saturated carbocycles. The van der Waals surface area contributed by atoms with E-state index in [9.17, 15) is 5.11 Å². The molecule has 1 saturated heterocycles. The van der Waals surface area contributed by atoms with Crippen LogP contribution >= 0.6 is 0 Å². The van der Waals surface area contributed by atoms with Gasteiger partial charge in [-0.25, -0.2) is 4.98 Å². The number of ether oxygens (including phenoxy) is 1. The third-order valence-corrected chi connectivity index (χ3v) is 5.22. The molecule has 0 bridgehead atoms. The maximum absolute atomic E-state index is 10.3. The lowest BCUT2D eigenvalue weighted by Crippen LogP contribution is -2.23. The number of rotatable bonds is 6. The van der Waals surface area contributed by atoms with Gasteiger partial charge >= 0.3 is 0 Å². The Morgan fingerprint density at radius 3 is 2.83 bits per heavy atom. The number of hydrogen-bond acceptors (Lipinski definition) is 8. The van der Waals surface area contributed by atoms with E-state index in [-0.39, 0.29) is 11.8 Å². The van der Waals surface area contributed by atoms with Crippen molar-refractivity contribution in [3.8, 4) is 22.9 Å². The SMILES string of the molecule is COc1ccc(CN2CCC[C@H]2c2nc(-c3ccc(N(C)C)nc3)no2)c(O)c1. The summed E-state index contributed by atoms with van der Waals surface area (Å²) in [5.74, 6) is 2.88. The first-order chi connectivity index (χ1) is 14.0. The van der Waals surface area contributed by atoms with Gasteiger partial charge in [-0.15, -0.1) is 0 Å². The number of phenols is 1. The standard InChI is InChI=1S/C21H25N5O3/c1-25(2)19-9-7-14(12-22-19)20-23-21(29-24-20)17-5-4-10-26(17)13-15-6-8-16(28-3)11-18(15)27/h6-9,11-12,17,27H,4-5,10,13H2,1-3H3/t17-/m0/s1. The molecule has 8 nitrogen and oxygen atoms in total. The molecule has 1 aliphatic heterocycles. The van der Waals surface area contributed by atoms with E-state index in [1.165, 1.54) is 0 Å². The smallest absolute Gasteiger partial charge is 0.244 e. The second kappa shape index (κ2) is 8.08. The molecular weight excluding hydrogens is 370 g/mol. The van der Waals surface area contributed by atoms with Crippen molar-refractivity contribution in [3.05, 3.63) is 48.0 Å². The van der Waals surface area contributed by atoms with Gasteiger partial charge in [0.05, 0.1) is 13.2 Å². The van der Waals surface area contributed by atoms with Crippen LogP contribution in [0.25, 0.3) is 11.4 Å². The average Bonchev–Trinajstić information content (AvgIpc) is 3.39. The van der Waals surface area contributed by atoms with Crippen molar-refractivity contribution in [1.82, 2.24) is 20.0 Å². The summed E-state index contributed by atoms with van der Waals surface area (Å²) in [6.45, 7) is 1.52. The predicted molar refractivity (Wildman–Crippen MR) is 109 cm³/mol. The summed E-state index contributed by atoms with van der Waals surface area (Å²) in [4.78, 5) is 13.2. The van der Waals surface area contributed by atoms with E-state index < -0.39 is 0 Å². The highest BCUT2D eigenvalue weighted by molar-refractivity contribution is 5.55. The molecule has 8 heteroatoms. The summed E-state index contributed by atoms with van der Waals surface area (Å²) < 4.78 is 10.8. The molecule has 1 fully saturated rings. The molecule has 3 aromatic rings. The fourth-order valence-electron chi connectivity index (χ4n) is 3.59. The van der Waals surface area contributed by atoms with Crippen LogP contribution in [0.15, 0.2) is 41.1 Å². The van der Waals surface area contributed by atoms with Crippen molar-refractivity contribution >= 4 is 5.82 Å². The number of hydrogen-bond donors (Lipinski definition) is 1. The molecule has 1 aromatic carbocycles. The van der Waals surface area contributed by atoms with Crippen molar-refractivity contribution in [2.75, 3.05) is 32.6 Å². The minimum absolute atomic E-state index is 0.0340. The van der Waals surface area contributed by atoms with Crippen molar-refractivity contribution in [1.29, 1.82) is 0 Å². The first-order valence-electron chi connectivity index (χ1n) is 9.62. The van der Waals surface area contributed by atoms with E-state index in [4.69, 9.17) is 9.26 Å². The monoisotopic (exact) mass is 395 g/mol. The average molecular weight is 395 g/mol. The van der Waals surface area contributed by atoms with Crippen LogP contribution in [0.5, 0.6) is 11.5 Å². The quantitative estimate of drug-likeness (QED) is 0.681. The van der Waals surface area contributed by atoms with Gasteiger partial charge in [-0.3, -0.25) is 4.90 Å². The molecule has 0 unspecified atom stereocenters. The van der Waals surface area contributed by atoms with Crippen LogP contribution in [0.3, 0.4) is 0 Å². The van der Waals surface area contributed by atoms with Crippen LogP contribution in [-0.4, -0.2) is 52.9 Å². The van der Waals surface area contributed by atoms with Gasteiger partial charge in [0.15, 0.2) is 0 Å². The number of methoxy groups -OCH3 is 1. The molecule has 1 N–H and O–H groups in total. The number of pyridine rings is 1. The molecule has 1 atom stereocenters. The highest BCUT2D eigenvalue weighted by Crippen LogP contribution is 2.35. The first kappa shape index (κ1) is 19.2. The number of aromatic nitrogens is 3. The second-order valence-electron chi connectivity index (χ2n) is 7.38. The fraction of sp³-hybridized carbons (Fsp3) is 0.381. The number of aromatic hydroxyl groups is 1. The Morgan fingerprint density at radius 2 is 2.14 bits per heavy atom. The van der Waals surface area contributed by atoms with Crippen molar-refractivity contribution in [3.63, 3.8) is 0 Å². The zero-order chi connectivity index (χ0) is 20.4. The zero-order valence-corrected chi connectivity index (χ0v) is 16.9. The lowest BCUT2D eigenvalue weighted by atomic mass is 10.1. The third kappa shape index (κ3) is 4.02. The van der Waals surface area contributed by atoms with Crippen LogP contribution < -0.4 is 9.64 Å². The van der Waals surface area contributed by atoms with Gasteiger partial charge in [0.1, 0.15) is 17.3 Å². The lowest BCUT2D eigenvalue weighted by Gasteiger charge is -2.22. The summed E-state index contributed by atoms with van der Waals surface area (Å²) in [7, 11) is 5.48. The van der Waals surface area contributed by atoms with Crippen molar-refractivity contribution in [2.24, 2.45) is 0 Å². The maximum atomic E-state index is 10.3. The second-order valence-corrected chi connectivity index (χ2v) is 7.38. The molecule has 0 spiro atoms. The summed E-state index contributed by atoms with van der Waals surface area (Å²) in [5, 5.41) is 14.4. The fourth-order valence-corrected chi connectivity index (χ4v) is 3.59. The molecule has 0 radical (unpaired) electrons. The Hall–Kier alpha value is -3.13. The molecular formula is C21H25N5O3. The van der Waals surface area contributed by atoms with Gasteiger partial charge in [-0.05, 0) is 37.6 Å². The molecule has 0 amide bonds. The van der Waals surface area contributed by atoms with Gasteiger partial charge in [0.25, 0.3) is 0 Å². The summed E-state index contributed by atoms with van der Waals surface area (Å²) >= 11 is 0. The minimum Gasteiger partial charge on any atom is -0.507 e. The first-order valence-corrected chi connectivity index (χ1v) is 9.62. The minimum atomic E-state index is 0.0340. The summed E-state index contributed by atoms with van der Waals surface area (Å²) in [5.41, 5.74) is 1.67. The van der Waals surface area contributed by atoms with Crippen molar-refractivity contribution < 1.29 is 14.4 Å². The molecule has 4 rings (SSSR count). The highest BCUT2D eigenvalue weighted by Gasteiger charge is 2.31. The summed E-state index contributed by atoms with van der Waals surface area (Å²) in [6, 6.07) is 9.29. The van der Waals surface area contributed by atoms with E-state index in [1.54, 1.807) is 19.4 Å². The third-order valence-electron chi connectivity index (χ3n) is 5.22. The normalized spacial score (nSPS) is 16.9. The molecule has 0 aliphatic carbocycles. The molecule has 2 aromatic heterocycles. The number of likely N-dealkylation sites (tertiary alicyclic amines) is 1. The van der Waals surface area contributed by atoms with Crippen molar-refractivity contribution in [2.45, 2.75) is 25.4 Å². The van der Waals surface area contributed by atoms with Crippen LogP contribution in [-0.2, 0) is 6.54 Å². The van der Waals surface area contributed by atoms with Crippen LogP contribution in [0.4, 0.5) is 5.82 Å². The Kier molecular flexibility index (Phi) is 5.35. The van der Waals surface area contributed by atoms with E-state index in [2.05, 4.69) is 20.0 Å². The van der Waals surface area contributed by atoms with Gasteiger partial charge in [0.2, 0.25) is 11.7 Å². The molecule has 152 valence electrons. The number of anilines is 1. The van der Waals surface area contributed by atoms with E-state index in [1.807, 2.05) is 43.3 Å².